The Balaban J connectivity index is 0.00000792. The number of anilines is 6. The summed E-state index contributed by atoms with van der Waals surface area (Å²) in [7, 11) is 0. The van der Waals surface area contributed by atoms with Crippen LogP contribution in [0.1, 0.15) is 90.4 Å². The number of para-hydroxylation sites is 4. The van der Waals surface area contributed by atoms with Gasteiger partial charge in [-0.05, 0) is 117 Å². The summed E-state index contributed by atoms with van der Waals surface area (Å²) < 4.78 is 4.90. The Bertz CT molecular complexity index is 4150. The Morgan fingerprint density at radius 1 is 0.229 bits per heavy atom. The van der Waals surface area contributed by atoms with Crippen molar-refractivity contribution in [1.29, 1.82) is 0 Å². The lowest BCUT2D eigenvalue weighted by Gasteiger charge is -2.31. The minimum atomic E-state index is -0.226. The molecule has 14 aromatic carbocycles. The van der Waals surface area contributed by atoms with Crippen molar-refractivity contribution in [1.82, 2.24) is 4.57 Å². The highest BCUT2D eigenvalue weighted by Gasteiger charge is 2.36. The van der Waals surface area contributed by atoms with Gasteiger partial charge >= 0.3 is 0 Å². The van der Waals surface area contributed by atoms with Gasteiger partial charge in [0.05, 0.1) is 0 Å². The molecule has 96 heavy (non-hydrogen) atoms. The predicted molar refractivity (Wildman–Crippen MR) is 392 cm³/mol. The lowest BCUT2D eigenvalue weighted by Crippen LogP contribution is -3.00. The average molecular weight is 1260 g/mol. The van der Waals surface area contributed by atoms with Gasteiger partial charge in [0.15, 0.2) is 0 Å². The van der Waals surface area contributed by atoms with E-state index in [4.69, 9.17) is 0 Å². The molecular formula is C91H71ClN4. The third-order valence-electron chi connectivity index (χ3n) is 18.3. The summed E-state index contributed by atoms with van der Waals surface area (Å²) in [6, 6.07) is 142. The van der Waals surface area contributed by atoms with Crippen molar-refractivity contribution in [2.75, 3.05) is 9.80 Å². The number of halogens is 1. The number of imidazole rings is 1. The van der Waals surface area contributed by atoms with Crippen molar-refractivity contribution in [2.45, 2.75) is 23.7 Å². The van der Waals surface area contributed by atoms with Crippen LogP contribution in [0.25, 0.3) is 11.4 Å². The lowest BCUT2D eigenvalue weighted by atomic mass is 9.78. The van der Waals surface area contributed by atoms with Crippen molar-refractivity contribution >= 4 is 34.1 Å². The van der Waals surface area contributed by atoms with Crippen LogP contribution in [0.5, 0.6) is 0 Å². The second kappa shape index (κ2) is 29.0. The van der Waals surface area contributed by atoms with Gasteiger partial charge in [0.2, 0.25) is 0 Å². The van der Waals surface area contributed by atoms with E-state index in [1.807, 2.05) is 0 Å². The van der Waals surface area contributed by atoms with Crippen LogP contribution >= 0.6 is 0 Å². The van der Waals surface area contributed by atoms with Crippen LogP contribution in [0, 0.1) is 0 Å². The Kier molecular flexibility index (Phi) is 18.6. The van der Waals surface area contributed by atoms with Crippen LogP contribution in [0.3, 0.4) is 0 Å². The largest absolute Gasteiger partial charge is 1.00 e. The number of nitrogens with zero attached hydrogens (tertiary/aromatic N) is 4. The highest BCUT2D eigenvalue weighted by atomic mass is 35.5. The summed E-state index contributed by atoms with van der Waals surface area (Å²) in [5.41, 5.74) is 22.7. The first-order valence-electron chi connectivity index (χ1n) is 32.9. The molecule has 0 N–H and O–H groups in total. The van der Waals surface area contributed by atoms with Crippen LogP contribution < -0.4 is 26.8 Å². The van der Waals surface area contributed by atoms with Gasteiger partial charge in [-0.3, -0.25) is 0 Å². The maximum Gasteiger partial charge on any atom is 0.254 e. The summed E-state index contributed by atoms with van der Waals surface area (Å²) in [6.45, 7) is 0. The van der Waals surface area contributed by atoms with Gasteiger partial charge in [-0.25, -0.2) is 9.13 Å². The maximum absolute atomic E-state index is 2.48. The zero-order valence-corrected chi connectivity index (χ0v) is 53.9. The van der Waals surface area contributed by atoms with Gasteiger partial charge in [0.25, 0.3) is 6.33 Å². The summed E-state index contributed by atoms with van der Waals surface area (Å²) in [5.74, 6) is -0.904. The monoisotopic (exact) mass is 1250 g/mol. The molecule has 0 radical (unpaired) electrons. The molecule has 0 atom stereocenters. The van der Waals surface area contributed by atoms with Crippen molar-refractivity contribution in [3.05, 3.63) is 474 Å². The van der Waals surface area contributed by atoms with E-state index in [9.17, 15) is 0 Å². The summed E-state index contributed by atoms with van der Waals surface area (Å²) in [4.78, 5) is 4.86. The SMILES string of the molecule is [Cl-].c1ccc(C(c2ccccc2)c2cc(N(c3ccccc3)c3ccccc3)cc(C(c3ccccc3)c3ccccc3)c2-n2cc[n+](-c3c(C(c4ccccc4)c4ccccc4)cc(N(c4ccccc4)c4ccccc4)cc3C(c3ccccc3)c3ccccc3)c2)cc1. The molecule has 0 saturated heterocycles. The molecule has 0 fully saturated rings. The summed E-state index contributed by atoms with van der Waals surface area (Å²) in [6.07, 6.45) is 7.01. The van der Waals surface area contributed by atoms with Crippen LogP contribution in [-0.4, -0.2) is 4.57 Å². The molecule has 0 spiro atoms. The normalized spacial score (nSPS) is 11.2. The quantitative estimate of drug-likeness (QED) is 0.0558. The topological polar surface area (TPSA) is 15.3 Å². The predicted octanol–water partition coefficient (Wildman–Crippen LogP) is 19.4. The fraction of sp³-hybridized carbons (Fsp3) is 0.0440. The summed E-state index contributed by atoms with van der Waals surface area (Å²) >= 11 is 0. The van der Waals surface area contributed by atoms with Crippen molar-refractivity contribution in [2.24, 2.45) is 0 Å². The third kappa shape index (κ3) is 12.9. The molecule has 0 bridgehead atoms. The Morgan fingerprint density at radius 2 is 0.427 bits per heavy atom. The Hall–Kier alpha value is -11.8. The molecule has 0 saturated carbocycles. The Labute approximate surface area is 570 Å². The summed E-state index contributed by atoms with van der Waals surface area (Å²) in [5, 5.41) is 0. The standard InChI is InChI=1S/C91H71N4.ClH/c1-13-37-68(38-14-1)86(69-39-15-2-16-40-69)82-63-80(94(76-53-29-9-30-54-76)77-55-31-10-32-56-77)64-83(87(70-41-17-3-18-42-70)71-43-19-4-20-44-71)90(82)92-61-62-93(67-92)91-84(88(72-45-21-5-22-46-72)73-47-23-6-24-48-73)65-81(95(78-57-33-11-34-58-78)79-59-35-12-36-60-79)66-85(91)89(74-49-25-7-26-50-74)75-51-27-8-28-52-75;/h1-67,86-89H;1H/q+1;/p-1. The fourth-order valence-electron chi connectivity index (χ4n) is 14.3. The lowest BCUT2D eigenvalue weighted by molar-refractivity contribution is -0.595. The van der Waals surface area contributed by atoms with Crippen molar-refractivity contribution in [3.8, 4) is 11.4 Å². The highest BCUT2D eigenvalue weighted by molar-refractivity contribution is 5.82. The van der Waals surface area contributed by atoms with E-state index in [0.29, 0.717) is 0 Å². The van der Waals surface area contributed by atoms with E-state index in [1.54, 1.807) is 0 Å². The molecule has 0 amide bonds. The molecule has 0 aliphatic rings. The smallest absolute Gasteiger partial charge is 0.254 e. The average Bonchev–Trinajstić information content (AvgIpc) is 1.19. The van der Waals surface area contributed by atoms with Crippen LogP contribution in [0.2, 0.25) is 0 Å². The number of benzene rings is 14. The molecule has 4 nitrogen and oxygen atoms in total. The molecule has 15 rings (SSSR count). The Morgan fingerprint density at radius 3 is 0.656 bits per heavy atom. The molecular weight excluding hydrogens is 1180 g/mol. The molecule has 0 unspecified atom stereocenters. The first-order chi connectivity index (χ1) is 47.2. The van der Waals surface area contributed by atoms with Gasteiger partial charge in [-0.15, -0.1) is 0 Å². The van der Waals surface area contributed by atoms with E-state index in [1.165, 1.54) is 44.5 Å². The second-order valence-electron chi connectivity index (χ2n) is 24.2. The molecule has 1 aromatic heterocycles. The van der Waals surface area contributed by atoms with Gasteiger partial charge in [0, 0.05) is 80.0 Å². The number of aromatic nitrogens is 2. The molecule has 0 aliphatic carbocycles. The maximum atomic E-state index is 2.48. The van der Waals surface area contributed by atoms with Gasteiger partial charge in [-0.1, -0.05) is 315 Å². The second-order valence-corrected chi connectivity index (χ2v) is 24.2. The van der Waals surface area contributed by atoms with Crippen molar-refractivity contribution < 1.29 is 17.0 Å². The van der Waals surface area contributed by atoms with Crippen LogP contribution in [0.4, 0.5) is 34.1 Å². The molecule has 0 aliphatic heterocycles. The minimum absolute atomic E-state index is 0. The molecule has 1 heterocycles. The number of rotatable bonds is 20. The van der Waals surface area contributed by atoms with E-state index in [0.717, 1.165) is 67.8 Å². The molecule has 462 valence electrons. The zero-order valence-electron chi connectivity index (χ0n) is 53.2. The molecule has 5 heteroatoms. The number of hydrogen-bond acceptors (Lipinski definition) is 2. The van der Waals surface area contributed by atoms with E-state index in [-0.39, 0.29) is 36.1 Å². The van der Waals surface area contributed by atoms with Crippen molar-refractivity contribution in [3.63, 3.8) is 0 Å². The third-order valence-corrected chi connectivity index (χ3v) is 18.3. The number of hydrogen-bond donors (Lipinski definition) is 0. The van der Waals surface area contributed by atoms with Gasteiger partial charge in [-0.2, -0.15) is 0 Å². The first kappa shape index (κ1) is 61.7. The zero-order chi connectivity index (χ0) is 63.5. The first-order valence-corrected chi connectivity index (χ1v) is 32.9. The van der Waals surface area contributed by atoms with E-state index < -0.39 is 0 Å². The van der Waals surface area contributed by atoms with Crippen LogP contribution in [-0.2, 0) is 0 Å². The van der Waals surface area contributed by atoms with Crippen LogP contribution in [0.15, 0.2) is 407 Å². The minimum Gasteiger partial charge on any atom is -1.00 e. The van der Waals surface area contributed by atoms with E-state index >= 15 is 0 Å². The fourth-order valence-corrected chi connectivity index (χ4v) is 14.3. The molecule has 15 aromatic rings. The van der Waals surface area contributed by atoms with Gasteiger partial charge in [0.1, 0.15) is 23.8 Å². The van der Waals surface area contributed by atoms with E-state index in [2.05, 4.69) is 426 Å². The highest BCUT2D eigenvalue weighted by Crippen LogP contribution is 2.49. The van der Waals surface area contributed by atoms with Gasteiger partial charge < -0.3 is 22.2 Å².